The molecule has 0 spiro atoms. The summed E-state index contributed by atoms with van der Waals surface area (Å²) < 4.78 is 2.07. The first-order valence-electron chi connectivity index (χ1n) is 10.00. The average molecular weight is 369 g/mol. The van der Waals surface area contributed by atoms with Crippen molar-refractivity contribution in [3.8, 4) is 0 Å². The number of aromatic nitrogens is 2. The Balaban J connectivity index is 1.43. The summed E-state index contributed by atoms with van der Waals surface area (Å²) in [4.78, 5) is 11.0. The first kappa shape index (κ1) is 19.4. The fraction of sp³-hybridized carbons (Fsp3) is 0.524. The van der Waals surface area contributed by atoms with E-state index in [1.165, 1.54) is 50.0 Å². The van der Waals surface area contributed by atoms with Crippen LogP contribution in [0.5, 0.6) is 0 Å². The van der Waals surface area contributed by atoms with Crippen LogP contribution in [0.15, 0.2) is 48.0 Å². The van der Waals surface area contributed by atoms with Crippen molar-refractivity contribution in [3.63, 3.8) is 0 Å². The number of aliphatic imine (C=N–C) groups is 1. The normalized spacial score (nSPS) is 16.4. The van der Waals surface area contributed by atoms with E-state index in [9.17, 15) is 0 Å². The molecule has 6 heteroatoms. The summed E-state index contributed by atoms with van der Waals surface area (Å²) in [5.74, 6) is 0.895. The number of hydrogen-bond acceptors (Lipinski definition) is 3. The number of piperidine rings is 1. The van der Waals surface area contributed by atoms with Gasteiger partial charge in [0.05, 0.1) is 6.33 Å². The Morgan fingerprint density at radius 2 is 1.93 bits per heavy atom. The van der Waals surface area contributed by atoms with E-state index < -0.39 is 0 Å². The number of likely N-dealkylation sites (tertiary alicyclic amines) is 1. The smallest absolute Gasteiger partial charge is 0.191 e. The van der Waals surface area contributed by atoms with Crippen LogP contribution < -0.4 is 10.6 Å². The second-order valence-electron chi connectivity index (χ2n) is 7.24. The number of nitrogens with zero attached hydrogens (tertiary/aromatic N) is 4. The Morgan fingerprint density at radius 1 is 1.19 bits per heavy atom. The summed E-state index contributed by atoms with van der Waals surface area (Å²) in [7, 11) is 1.84. The summed E-state index contributed by atoms with van der Waals surface area (Å²) in [5, 5.41) is 7.03. The van der Waals surface area contributed by atoms with Gasteiger partial charge in [0.1, 0.15) is 0 Å². The van der Waals surface area contributed by atoms with Crippen molar-refractivity contribution in [2.24, 2.45) is 4.99 Å². The number of hydrogen-bond donors (Lipinski definition) is 2. The molecule has 0 amide bonds. The van der Waals surface area contributed by atoms with Gasteiger partial charge in [0.2, 0.25) is 0 Å². The molecule has 0 radical (unpaired) electrons. The molecule has 2 heterocycles. The van der Waals surface area contributed by atoms with Crippen molar-refractivity contribution in [2.45, 2.75) is 45.3 Å². The Morgan fingerprint density at radius 3 is 2.56 bits per heavy atom. The summed E-state index contributed by atoms with van der Waals surface area (Å²) in [6.07, 6.45) is 9.25. The van der Waals surface area contributed by atoms with Crippen LogP contribution in [0.3, 0.4) is 0 Å². The van der Waals surface area contributed by atoms with E-state index in [4.69, 9.17) is 0 Å². The third-order valence-corrected chi connectivity index (χ3v) is 5.10. The SMILES string of the molecule is CCCN1CCC(NC(=NC)NCc2ccc(Cn3ccnc3)cc2)CC1. The quantitative estimate of drug-likeness (QED) is 0.582. The van der Waals surface area contributed by atoms with Crippen molar-refractivity contribution in [3.05, 3.63) is 54.1 Å². The van der Waals surface area contributed by atoms with E-state index in [-0.39, 0.29) is 0 Å². The molecule has 0 atom stereocenters. The van der Waals surface area contributed by atoms with Gasteiger partial charge in [-0.05, 0) is 36.9 Å². The molecule has 3 rings (SSSR count). The highest BCUT2D eigenvalue weighted by molar-refractivity contribution is 5.79. The summed E-state index contributed by atoms with van der Waals surface area (Å²) >= 11 is 0. The zero-order chi connectivity index (χ0) is 18.9. The minimum absolute atomic E-state index is 0.516. The first-order chi connectivity index (χ1) is 13.3. The molecule has 0 bridgehead atoms. The predicted molar refractivity (Wildman–Crippen MR) is 111 cm³/mol. The standard InChI is InChI=1S/C21H32N6/c1-3-11-26-12-8-20(9-13-26)25-21(22-2)24-15-18-4-6-19(7-5-18)16-27-14-10-23-17-27/h4-7,10,14,17,20H,3,8-9,11-13,15-16H2,1-2H3,(H2,22,24,25). The lowest BCUT2D eigenvalue weighted by Crippen LogP contribution is -2.48. The van der Waals surface area contributed by atoms with E-state index in [0.29, 0.717) is 6.04 Å². The van der Waals surface area contributed by atoms with Gasteiger partial charge < -0.3 is 20.1 Å². The van der Waals surface area contributed by atoms with Crippen LogP contribution in [0.1, 0.15) is 37.3 Å². The van der Waals surface area contributed by atoms with E-state index in [1.807, 2.05) is 25.8 Å². The Hall–Kier alpha value is -2.34. The summed E-state index contributed by atoms with van der Waals surface area (Å²) in [6, 6.07) is 9.22. The molecule has 1 aromatic heterocycles. The van der Waals surface area contributed by atoms with Crippen LogP contribution in [0, 0.1) is 0 Å². The van der Waals surface area contributed by atoms with Crippen LogP contribution in [0.2, 0.25) is 0 Å². The van der Waals surface area contributed by atoms with Crippen LogP contribution in [-0.4, -0.2) is 53.1 Å². The van der Waals surface area contributed by atoms with Crippen molar-refractivity contribution in [2.75, 3.05) is 26.7 Å². The van der Waals surface area contributed by atoms with E-state index in [2.05, 4.69) is 61.3 Å². The maximum atomic E-state index is 4.39. The fourth-order valence-corrected chi connectivity index (χ4v) is 3.54. The summed E-state index contributed by atoms with van der Waals surface area (Å²) in [6.45, 7) is 7.46. The minimum Gasteiger partial charge on any atom is -0.354 e. The van der Waals surface area contributed by atoms with E-state index in [0.717, 1.165) is 19.0 Å². The van der Waals surface area contributed by atoms with Crippen molar-refractivity contribution in [1.29, 1.82) is 0 Å². The minimum atomic E-state index is 0.516. The molecule has 1 aliphatic heterocycles. The summed E-state index contributed by atoms with van der Waals surface area (Å²) in [5.41, 5.74) is 2.53. The van der Waals surface area contributed by atoms with Gasteiger partial charge in [0.15, 0.2) is 5.96 Å². The second-order valence-corrected chi connectivity index (χ2v) is 7.24. The molecule has 1 aromatic carbocycles. The van der Waals surface area contributed by atoms with Crippen molar-refractivity contribution >= 4 is 5.96 Å². The molecule has 1 saturated heterocycles. The highest BCUT2D eigenvalue weighted by Crippen LogP contribution is 2.11. The van der Waals surface area contributed by atoms with E-state index in [1.54, 1.807) is 0 Å². The maximum Gasteiger partial charge on any atom is 0.191 e. The molecule has 2 aromatic rings. The highest BCUT2D eigenvalue weighted by Gasteiger charge is 2.19. The molecule has 0 saturated carbocycles. The molecule has 6 nitrogen and oxygen atoms in total. The molecule has 1 aliphatic rings. The molecule has 2 N–H and O–H groups in total. The monoisotopic (exact) mass is 368 g/mol. The molecule has 0 unspecified atom stereocenters. The zero-order valence-corrected chi connectivity index (χ0v) is 16.6. The average Bonchev–Trinajstić information content (AvgIpc) is 3.21. The van der Waals surface area contributed by atoms with Crippen molar-refractivity contribution < 1.29 is 0 Å². The third kappa shape index (κ3) is 6.10. The second kappa shape index (κ2) is 10.1. The molecule has 0 aliphatic carbocycles. The van der Waals surface area contributed by atoms with Gasteiger partial charge >= 0.3 is 0 Å². The first-order valence-corrected chi connectivity index (χ1v) is 10.00. The van der Waals surface area contributed by atoms with Crippen LogP contribution in [0.25, 0.3) is 0 Å². The van der Waals surface area contributed by atoms with E-state index >= 15 is 0 Å². The largest absolute Gasteiger partial charge is 0.354 e. The molecular formula is C21H32N6. The number of guanidine groups is 1. The van der Waals surface area contributed by atoms with Gasteiger partial charge in [-0.1, -0.05) is 31.2 Å². The number of rotatable bonds is 7. The number of imidazole rings is 1. The third-order valence-electron chi connectivity index (χ3n) is 5.10. The lowest BCUT2D eigenvalue weighted by atomic mass is 10.1. The lowest BCUT2D eigenvalue weighted by molar-refractivity contribution is 0.206. The topological polar surface area (TPSA) is 57.5 Å². The van der Waals surface area contributed by atoms with Gasteiger partial charge in [0.25, 0.3) is 0 Å². The highest BCUT2D eigenvalue weighted by atomic mass is 15.2. The fourth-order valence-electron chi connectivity index (χ4n) is 3.54. The van der Waals surface area contributed by atoms with Gasteiger partial charge in [0, 0.05) is 51.7 Å². The van der Waals surface area contributed by atoms with Gasteiger partial charge in [-0.15, -0.1) is 0 Å². The molecule has 27 heavy (non-hydrogen) atoms. The van der Waals surface area contributed by atoms with Crippen LogP contribution >= 0.6 is 0 Å². The lowest BCUT2D eigenvalue weighted by Gasteiger charge is -2.32. The molecule has 146 valence electrons. The Labute approximate surface area is 162 Å². The number of nitrogens with one attached hydrogen (secondary N) is 2. The number of benzene rings is 1. The predicted octanol–water partition coefficient (Wildman–Crippen LogP) is 2.47. The molecular weight excluding hydrogens is 336 g/mol. The maximum absolute atomic E-state index is 4.39. The van der Waals surface area contributed by atoms with Gasteiger partial charge in [-0.2, -0.15) is 0 Å². The van der Waals surface area contributed by atoms with Crippen LogP contribution in [0.4, 0.5) is 0 Å². The van der Waals surface area contributed by atoms with Gasteiger partial charge in [-0.25, -0.2) is 4.98 Å². The Bertz CT molecular complexity index is 684. The van der Waals surface area contributed by atoms with Gasteiger partial charge in [-0.3, -0.25) is 4.99 Å². The zero-order valence-electron chi connectivity index (χ0n) is 16.6. The van der Waals surface area contributed by atoms with Crippen LogP contribution in [-0.2, 0) is 13.1 Å². The Kier molecular flexibility index (Phi) is 7.27. The molecule has 1 fully saturated rings. The van der Waals surface area contributed by atoms with Crippen molar-refractivity contribution in [1.82, 2.24) is 25.1 Å².